The molecule has 0 N–H and O–H groups in total. The molecule has 0 bridgehead atoms. The lowest BCUT2D eigenvalue weighted by Gasteiger charge is -2.15. The molecule has 21 heavy (non-hydrogen) atoms. The van der Waals surface area contributed by atoms with Crippen LogP contribution in [0.5, 0.6) is 0 Å². The largest absolute Gasteiger partial charge is 0.454 e. The van der Waals surface area contributed by atoms with E-state index in [1.807, 2.05) is 0 Å². The van der Waals surface area contributed by atoms with Gasteiger partial charge in [0, 0.05) is 6.42 Å². The molecule has 0 aromatic heterocycles. The average molecular weight is 314 g/mol. The molecule has 0 radical (unpaired) electrons. The minimum atomic E-state index is -0.596. The third-order valence-corrected chi connectivity index (χ3v) is 3.92. The average Bonchev–Trinajstić information content (AvgIpc) is 2.47. The number of hydrogen-bond donors (Lipinski definition) is 0. The van der Waals surface area contributed by atoms with Gasteiger partial charge in [-0.1, -0.05) is 32.3 Å². The molecular formula is C17H30O3S. The second kappa shape index (κ2) is 14.2. The molecule has 0 aliphatic rings. The molecule has 0 aliphatic heterocycles. The molecule has 0 spiro atoms. The highest BCUT2D eigenvalue weighted by Gasteiger charge is 2.20. The molecule has 122 valence electrons. The number of carbonyl (C=O) groups is 2. The summed E-state index contributed by atoms with van der Waals surface area (Å²) in [7, 11) is 0. The Hall–Kier alpha value is -0.770. The van der Waals surface area contributed by atoms with Gasteiger partial charge in [0.2, 0.25) is 0 Å². The zero-order valence-electron chi connectivity index (χ0n) is 13.7. The summed E-state index contributed by atoms with van der Waals surface area (Å²) in [6, 6.07) is 0. The predicted octanol–water partition coefficient (Wildman–Crippen LogP) is 4.55. The van der Waals surface area contributed by atoms with Gasteiger partial charge in [-0.25, -0.2) is 0 Å². The van der Waals surface area contributed by atoms with E-state index in [-0.39, 0.29) is 11.8 Å². The maximum Gasteiger partial charge on any atom is 0.306 e. The molecule has 0 saturated heterocycles. The Morgan fingerprint density at radius 3 is 2.52 bits per heavy atom. The molecule has 0 heterocycles. The Morgan fingerprint density at radius 2 is 1.90 bits per heavy atom. The van der Waals surface area contributed by atoms with E-state index in [2.05, 4.69) is 13.2 Å². The molecular weight excluding hydrogens is 284 g/mol. The fraction of sp³-hybridized carbons (Fsp3) is 0.765. The lowest BCUT2D eigenvalue weighted by molar-refractivity contribution is -0.154. The van der Waals surface area contributed by atoms with Gasteiger partial charge in [-0.15, -0.1) is 0 Å². The SMILES string of the molecule is CC=CC(=O)C(CCCCSC)OC(=O)CCCCCC. The second-order valence-corrected chi connectivity index (χ2v) is 6.17. The van der Waals surface area contributed by atoms with Gasteiger partial charge in [0.25, 0.3) is 0 Å². The van der Waals surface area contributed by atoms with Gasteiger partial charge in [-0.2, -0.15) is 11.8 Å². The number of esters is 1. The van der Waals surface area contributed by atoms with Gasteiger partial charge in [0.15, 0.2) is 11.9 Å². The Balaban J connectivity index is 4.18. The van der Waals surface area contributed by atoms with Crippen molar-refractivity contribution in [1.82, 2.24) is 0 Å². The van der Waals surface area contributed by atoms with E-state index in [1.165, 1.54) is 6.08 Å². The third-order valence-electron chi connectivity index (χ3n) is 3.22. The number of allylic oxidation sites excluding steroid dienone is 1. The Labute approximate surface area is 133 Å². The topological polar surface area (TPSA) is 43.4 Å². The first-order valence-corrected chi connectivity index (χ1v) is 9.40. The Morgan fingerprint density at radius 1 is 1.14 bits per heavy atom. The van der Waals surface area contributed by atoms with Crippen LogP contribution in [-0.4, -0.2) is 29.9 Å². The molecule has 1 atom stereocenters. The lowest BCUT2D eigenvalue weighted by Crippen LogP contribution is -2.26. The zero-order chi connectivity index (χ0) is 15.9. The number of unbranched alkanes of at least 4 members (excludes halogenated alkanes) is 4. The smallest absolute Gasteiger partial charge is 0.306 e. The van der Waals surface area contributed by atoms with Crippen molar-refractivity contribution in [3.63, 3.8) is 0 Å². The standard InChI is InChI=1S/C17H30O3S/c1-4-6-7-8-13-17(19)20-16(15(18)11-5-2)12-9-10-14-21-3/h5,11,16H,4,6-10,12-14H2,1-3H3. The van der Waals surface area contributed by atoms with Crippen LogP contribution in [0.25, 0.3) is 0 Å². The molecule has 1 unspecified atom stereocenters. The fourth-order valence-corrected chi connectivity index (χ4v) is 2.51. The van der Waals surface area contributed by atoms with Crippen molar-refractivity contribution in [1.29, 1.82) is 0 Å². The minimum absolute atomic E-state index is 0.0939. The van der Waals surface area contributed by atoms with Gasteiger partial charge in [-0.05, 0) is 50.7 Å². The highest BCUT2D eigenvalue weighted by Crippen LogP contribution is 2.12. The number of thioether (sulfide) groups is 1. The van der Waals surface area contributed by atoms with Crippen molar-refractivity contribution >= 4 is 23.5 Å². The summed E-state index contributed by atoms with van der Waals surface area (Å²) in [6.07, 6.45) is 11.9. The van der Waals surface area contributed by atoms with Crippen LogP contribution in [-0.2, 0) is 14.3 Å². The van der Waals surface area contributed by atoms with Crippen LogP contribution in [0.3, 0.4) is 0 Å². The van der Waals surface area contributed by atoms with Crippen molar-refractivity contribution in [2.24, 2.45) is 0 Å². The monoisotopic (exact) mass is 314 g/mol. The zero-order valence-corrected chi connectivity index (χ0v) is 14.5. The van der Waals surface area contributed by atoms with E-state index in [1.54, 1.807) is 24.8 Å². The van der Waals surface area contributed by atoms with E-state index < -0.39 is 6.10 Å². The van der Waals surface area contributed by atoms with Crippen molar-refractivity contribution < 1.29 is 14.3 Å². The number of ether oxygens (including phenoxy) is 1. The molecule has 0 rings (SSSR count). The number of rotatable bonds is 13. The van der Waals surface area contributed by atoms with Crippen LogP contribution >= 0.6 is 11.8 Å². The number of carbonyl (C=O) groups excluding carboxylic acids is 2. The summed E-state index contributed by atoms with van der Waals surface area (Å²) >= 11 is 1.79. The van der Waals surface area contributed by atoms with Crippen LogP contribution < -0.4 is 0 Å². The first-order chi connectivity index (χ1) is 10.2. The molecule has 3 nitrogen and oxygen atoms in total. The van der Waals surface area contributed by atoms with E-state index in [0.717, 1.165) is 44.3 Å². The van der Waals surface area contributed by atoms with Gasteiger partial charge in [-0.3, -0.25) is 9.59 Å². The molecule has 0 saturated carbocycles. The molecule has 0 fully saturated rings. The first kappa shape index (κ1) is 20.2. The van der Waals surface area contributed by atoms with Crippen molar-refractivity contribution in [2.75, 3.05) is 12.0 Å². The van der Waals surface area contributed by atoms with Crippen LogP contribution in [0.2, 0.25) is 0 Å². The lowest BCUT2D eigenvalue weighted by atomic mass is 10.1. The number of ketones is 1. The van der Waals surface area contributed by atoms with Crippen molar-refractivity contribution in [3.05, 3.63) is 12.2 Å². The van der Waals surface area contributed by atoms with Crippen LogP contribution in [0.4, 0.5) is 0 Å². The van der Waals surface area contributed by atoms with E-state index in [9.17, 15) is 9.59 Å². The summed E-state index contributed by atoms with van der Waals surface area (Å²) in [5, 5.41) is 0. The first-order valence-electron chi connectivity index (χ1n) is 8.00. The van der Waals surface area contributed by atoms with Crippen LogP contribution in [0, 0.1) is 0 Å². The van der Waals surface area contributed by atoms with Gasteiger partial charge in [0.1, 0.15) is 0 Å². The highest BCUT2D eigenvalue weighted by molar-refractivity contribution is 7.98. The van der Waals surface area contributed by atoms with Crippen LogP contribution in [0.15, 0.2) is 12.2 Å². The van der Waals surface area contributed by atoms with Gasteiger partial charge < -0.3 is 4.74 Å². The molecule has 0 aromatic rings. The van der Waals surface area contributed by atoms with E-state index in [0.29, 0.717) is 12.8 Å². The maximum atomic E-state index is 11.9. The van der Waals surface area contributed by atoms with Crippen LogP contribution in [0.1, 0.15) is 65.2 Å². The number of hydrogen-bond acceptors (Lipinski definition) is 4. The second-order valence-electron chi connectivity index (χ2n) is 5.18. The summed E-state index contributed by atoms with van der Waals surface area (Å²) in [5.74, 6) is 0.748. The van der Waals surface area contributed by atoms with E-state index >= 15 is 0 Å². The fourth-order valence-electron chi connectivity index (χ4n) is 2.02. The Bertz CT molecular complexity index is 313. The summed E-state index contributed by atoms with van der Waals surface area (Å²) in [5.41, 5.74) is 0. The quantitative estimate of drug-likeness (QED) is 0.284. The minimum Gasteiger partial charge on any atom is -0.454 e. The predicted molar refractivity (Wildman–Crippen MR) is 90.7 cm³/mol. The Kier molecular flexibility index (Phi) is 13.7. The molecule has 0 amide bonds. The molecule has 0 aromatic carbocycles. The highest BCUT2D eigenvalue weighted by atomic mass is 32.2. The van der Waals surface area contributed by atoms with E-state index in [4.69, 9.17) is 4.74 Å². The summed E-state index contributed by atoms with van der Waals surface area (Å²) < 4.78 is 5.38. The van der Waals surface area contributed by atoms with Crippen molar-refractivity contribution in [3.8, 4) is 0 Å². The third kappa shape index (κ3) is 11.6. The van der Waals surface area contributed by atoms with Gasteiger partial charge >= 0.3 is 5.97 Å². The van der Waals surface area contributed by atoms with Crippen molar-refractivity contribution in [2.45, 2.75) is 71.3 Å². The molecule has 0 aliphatic carbocycles. The summed E-state index contributed by atoms with van der Waals surface area (Å²) in [4.78, 5) is 23.8. The normalized spacial score (nSPS) is 12.5. The van der Waals surface area contributed by atoms with Gasteiger partial charge in [0.05, 0.1) is 0 Å². The maximum absolute atomic E-state index is 11.9. The summed E-state index contributed by atoms with van der Waals surface area (Å²) in [6.45, 7) is 3.94. The molecule has 4 heteroatoms.